The number of carbonyl (C=O) groups excluding carboxylic acids is 2. The molecule has 6 heteroatoms. The van der Waals surface area contributed by atoms with Crippen LogP contribution in [0.2, 0.25) is 0 Å². The van der Waals surface area contributed by atoms with Crippen molar-refractivity contribution in [2.75, 3.05) is 6.54 Å². The second kappa shape index (κ2) is 7.57. The number of benzene rings is 1. The summed E-state index contributed by atoms with van der Waals surface area (Å²) in [6.07, 6.45) is 5.73. The topological polar surface area (TPSA) is 76.3 Å². The second-order valence-electron chi connectivity index (χ2n) is 6.01. The summed E-state index contributed by atoms with van der Waals surface area (Å²) in [6, 6.07) is 10.0. The largest absolute Gasteiger partial charge is 0.365 e. The first-order chi connectivity index (χ1) is 11.6. The van der Waals surface area contributed by atoms with Crippen LogP contribution in [0.1, 0.15) is 52.0 Å². The SMILES string of the molecule is NC(=O)c1cnc([C@@H]2CCCCN2C(=O)CCc2ccccc2)s1. The average Bonchev–Trinajstić information content (AvgIpc) is 3.11. The van der Waals surface area contributed by atoms with Gasteiger partial charge in [-0.3, -0.25) is 9.59 Å². The van der Waals surface area contributed by atoms with Gasteiger partial charge in [0, 0.05) is 13.0 Å². The molecule has 1 aromatic carbocycles. The van der Waals surface area contributed by atoms with Gasteiger partial charge < -0.3 is 10.6 Å². The molecule has 1 aromatic heterocycles. The lowest BCUT2D eigenvalue weighted by molar-refractivity contribution is -0.135. The van der Waals surface area contributed by atoms with Gasteiger partial charge in [0.1, 0.15) is 9.88 Å². The Bertz CT molecular complexity index is 714. The predicted molar refractivity (Wildman–Crippen MR) is 93.7 cm³/mol. The minimum absolute atomic E-state index is 0.0277. The van der Waals surface area contributed by atoms with Gasteiger partial charge in [-0.2, -0.15) is 0 Å². The summed E-state index contributed by atoms with van der Waals surface area (Å²) in [6.45, 7) is 0.754. The van der Waals surface area contributed by atoms with Crippen molar-refractivity contribution in [3.63, 3.8) is 0 Å². The summed E-state index contributed by atoms with van der Waals surface area (Å²) in [4.78, 5) is 30.7. The van der Waals surface area contributed by atoms with E-state index < -0.39 is 5.91 Å². The molecule has 24 heavy (non-hydrogen) atoms. The van der Waals surface area contributed by atoms with Crippen molar-refractivity contribution in [2.45, 2.75) is 38.1 Å². The van der Waals surface area contributed by atoms with E-state index in [4.69, 9.17) is 5.73 Å². The molecule has 126 valence electrons. The molecule has 0 radical (unpaired) electrons. The number of nitrogens with two attached hydrogens (primary N) is 1. The fraction of sp³-hybridized carbons (Fsp3) is 0.389. The lowest BCUT2D eigenvalue weighted by atomic mass is 10.0. The van der Waals surface area contributed by atoms with Crippen molar-refractivity contribution in [3.8, 4) is 0 Å². The molecule has 0 unspecified atom stereocenters. The van der Waals surface area contributed by atoms with Gasteiger partial charge in [-0.15, -0.1) is 11.3 Å². The van der Waals surface area contributed by atoms with Gasteiger partial charge in [0.05, 0.1) is 12.2 Å². The first-order valence-corrected chi connectivity index (χ1v) is 9.05. The molecule has 5 nitrogen and oxygen atoms in total. The van der Waals surface area contributed by atoms with Crippen molar-refractivity contribution in [1.29, 1.82) is 0 Å². The molecule has 0 saturated carbocycles. The predicted octanol–water partition coefficient (Wildman–Crippen LogP) is 2.93. The van der Waals surface area contributed by atoms with Gasteiger partial charge in [-0.05, 0) is 31.2 Å². The minimum atomic E-state index is -0.462. The Morgan fingerprint density at radius 1 is 1.25 bits per heavy atom. The molecule has 1 aliphatic heterocycles. The van der Waals surface area contributed by atoms with Crippen LogP contribution in [0.3, 0.4) is 0 Å². The highest BCUT2D eigenvalue weighted by Crippen LogP contribution is 2.33. The van der Waals surface area contributed by atoms with E-state index in [0.29, 0.717) is 11.3 Å². The van der Waals surface area contributed by atoms with Crippen LogP contribution in [0.5, 0.6) is 0 Å². The van der Waals surface area contributed by atoms with Crippen molar-refractivity contribution in [1.82, 2.24) is 9.88 Å². The third-order valence-electron chi connectivity index (χ3n) is 4.34. The minimum Gasteiger partial charge on any atom is -0.365 e. The van der Waals surface area contributed by atoms with Gasteiger partial charge in [0.15, 0.2) is 0 Å². The molecule has 1 fully saturated rings. The maximum absolute atomic E-state index is 12.7. The number of carbonyl (C=O) groups is 2. The molecule has 1 aliphatic rings. The fourth-order valence-corrected chi connectivity index (χ4v) is 4.00. The molecular weight excluding hydrogens is 322 g/mol. The Kier molecular flexibility index (Phi) is 5.25. The van der Waals surface area contributed by atoms with Gasteiger partial charge >= 0.3 is 0 Å². The van der Waals surface area contributed by atoms with E-state index in [0.717, 1.165) is 37.2 Å². The van der Waals surface area contributed by atoms with E-state index in [9.17, 15) is 9.59 Å². The van der Waals surface area contributed by atoms with Crippen molar-refractivity contribution < 1.29 is 9.59 Å². The molecule has 0 aliphatic carbocycles. The average molecular weight is 343 g/mol. The number of likely N-dealkylation sites (tertiary alicyclic amines) is 1. The molecule has 2 heterocycles. The second-order valence-corrected chi connectivity index (χ2v) is 7.07. The Balaban J connectivity index is 1.69. The molecule has 2 amide bonds. The maximum Gasteiger partial charge on any atom is 0.260 e. The maximum atomic E-state index is 12.7. The normalized spacial score (nSPS) is 17.7. The zero-order valence-electron chi connectivity index (χ0n) is 13.5. The van der Waals surface area contributed by atoms with E-state index in [1.165, 1.54) is 23.1 Å². The molecule has 1 saturated heterocycles. The van der Waals surface area contributed by atoms with Crippen LogP contribution in [-0.4, -0.2) is 28.2 Å². The smallest absolute Gasteiger partial charge is 0.260 e. The summed E-state index contributed by atoms with van der Waals surface area (Å²) in [7, 11) is 0. The number of rotatable bonds is 5. The highest BCUT2D eigenvalue weighted by atomic mass is 32.1. The van der Waals surface area contributed by atoms with Crippen LogP contribution in [0.25, 0.3) is 0 Å². The monoisotopic (exact) mass is 343 g/mol. The van der Waals surface area contributed by atoms with Crippen molar-refractivity contribution in [2.24, 2.45) is 5.73 Å². The molecular formula is C18H21N3O2S. The van der Waals surface area contributed by atoms with Crippen molar-refractivity contribution >= 4 is 23.2 Å². The van der Waals surface area contributed by atoms with Gasteiger partial charge in [-0.1, -0.05) is 30.3 Å². The van der Waals surface area contributed by atoms with E-state index in [-0.39, 0.29) is 11.9 Å². The number of aromatic nitrogens is 1. The molecule has 2 aromatic rings. The lowest BCUT2D eigenvalue weighted by Crippen LogP contribution is -2.38. The quantitative estimate of drug-likeness (QED) is 0.907. The Morgan fingerprint density at radius 3 is 2.75 bits per heavy atom. The number of hydrogen-bond acceptors (Lipinski definition) is 4. The highest BCUT2D eigenvalue weighted by molar-refractivity contribution is 7.13. The zero-order chi connectivity index (χ0) is 16.9. The number of thiazole rings is 1. The lowest BCUT2D eigenvalue weighted by Gasteiger charge is -2.34. The number of primary amides is 1. The number of nitrogens with zero attached hydrogens (tertiary/aromatic N) is 2. The van der Waals surface area contributed by atoms with Crippen molar-refractivity contribution in [3.05, 3.63) is 52.0 Å². The summed E-state index contributed by atoms with van der Waals surface area (Å²) < 4.78 is 0. The van der Waals surface area contributed by atoms with Crippen LogP contribution < -0.4 is 5.73 Å². The van der Waals surface area contributed by atoms with E-state index >= 15 is 0 Å². The highest BCUT2D eigenvalue weighted by Gasteiger charge is 2.30. The van der Waals surface area contributed by atoms with Gasteiger partial charge in [-0.25, -0.2) is 4.98 Å². The first kappa shape index (κ1) is 16.6. The number of hydrogen-bond donors (Lipinski definition) is 1. The van der Waals surface area contributed by atoms with Crippen LogP contribution >= 0.6 is 11.3 Å². The summed E-state index contributed by atoms with van der Waals surface area (Å²) in [5.41, 5.74) is 6.49. The third-order valence-corrected chi connectivity index (χ3v) is 5.46. The Hall–Kier alpha value is -2.21. The fourth-order valence-electron chi connectivity index (χ4n) is 3.08. The summed E-state index contributed by atoms with van der Waals surface area (Å²) in [5, 5.41) is 0.816. The number of piperidine rings is 1. The molecule has 2 N–H and O–H groups in total. The van der Waals surface area contributed by atoms with E-state index in [2.05, 4.69) is 4.98 Å². The number of amides is 2. The first-order valence-electron chi connectivity index (χ1n) is 8.24. The molecule has 0 bridgehead atoms. The standard InChI is InChI=1S/C18H21N3O2S/c19-17(23)15-12-20-18(24-15)14-8-4-5-11-21(14)16(22)10-9-13-6-2-1-3-7-13/h1-3,6-7,12,14H,4-5,8-11H2,(H2,19,23)/t14-/m0/s1. The van der Waals surface area contributed by atoms with E-state index in [1.807, 2.05) is 35.2 Å². The van der Waals surface area contributed by atoms with Crippen LogP contribution in [0, 0.1) is 0 Å². The van der Waals surface area contributed by atoms with Crippen LogP contribution in [-0.2, 0) is 11.2 Å². The summed E-state index contributed by atoms with van der Waals surface area (Å²) >= 11 is 1.30. The Morgan fingerprint density at radius 2 is 2.04 bits per heavy atom. The van der Waals surface area contributed by atoms with Gasteiger partial charge in [0.2, 0.25) is 5.91 Å². The molecule has 0 spiro atoms. The zero-order valence-corrected chi connectivity index (χ0v) is 14.3. The van der Waals surface area contributed by atoms with Crippen LogP contribution in [0.4, 0.5) is 0 Å². The van der Waals surface area contributed by atoms with Gasteiger partial charge in [0.25, 0.3) is 5.91 Å². The number of aryl methyl sites for hydroxylation is 1. The molecule has 3 rings (SSSR count). The van der Waals surface area contributed by atoms with Crippen LogP contribution in [0.15, 0.2) is 36.5 Å². The van der Waals surface area contributed by atoms with E-state index in [1.54, 1.807) is 0 Å². The summed E-state index contributed by atoms with van der Waals surface area (Å²) in [5.74, 6) is -0.309. The molecule has 1 atom stereocenters. The Labute approximate surface area is 145 Å². The third kappa shape index (κ3) is 3.82.